The topological polar surface area (TPSA) is 65.0 Å². The molecule has 5 nitrogen and oxygen atoms in total. The number of hydrogen-bond acceptors (Lipinski definition) is 5. The number of nitrogens with zero attached hydrogens (tertiary/aromatic N) is 1. The Morgan fingerprint density at radius 2 is 1.58 bits per heavy atom. The Kier molecular flexibility index (Phi) is 7.38. The molecular formula is C28H31NO4. The van der Waals surface area contributed by atoms with Crippen molar-refractivity contribution in [1.29, 1.82) is 0 Å². The second-order valence-corrected chi connectivity index (χ2v) is 8.87. The normalized spacial score (nSPS) is 22.0. The molecule has 0 unspecified atom stereocenters. The van der Waals surface area contributed by atoms with E-state index in [2.05, 4.69) is 6.92 Å². The second kappa shape index (κ2) is 10.6. The van der Waals surface area contributed by atoms with Gasteiger partial charge in [0.05, 0.1) is 24.6 Å². The molecule has 0 radical (unpaired) electrons. The highest BCUT2D eigenvalue weighted by Crippen LogP contribution is 2.39. The van der Waals surface area contributed by atoms with Gasteiger partial charge in [-0.3, -0.25) is 4.79 Å². The lowest BCUT2D eigenvalue weighted by atomic mass is 9.82. The Bertz CT molecular complexity index is 995. The monoisotopic (exact) mass is 445 g/mol. The zero-order chi connectivity index (χ0) is 23.2. The van der Waals surface area contributed by atoms with E-state index in [9.17, 15) is 9.59 Å². The van der Waals surface area contributed by atoms with E-state index in [4.69, 9.17) is 14.5 Å². The van der Waals surface area contributed by atoms with E-state index in [1.54, 1.807) is 6.92 Å². The predicted octanol–water partition coefficient (Wildman–Crippen LogP) is 5.60. The average Bonchev–Trinajstić information content (AvgIpc) is 3.11. The predicted molar refractivity (Wildman–Crippen MR) is 128 cm³/mol. The zero-order valence-electron chi connectivity index (χ0n) is 19.3. The third-order valence-electron chi connectivity index (χ3n) is 6.46. The first-order valence-corrected chi connectivity index (χ1v) is 11.9. The van der Waals surface area contributed by atoms with Gasteiger partial charge in [0.1, 0.15) is 0 Å². The number of carbonyl (C=O) groups excluding carboxylic acids is 2. The van der Waals surface area contributed by atoms with E-state index in [0.29, 0.717) is 23.0 Å². The maximum atomic E-state index is 13.3. The summed E-state index contributed by atoms with van der Waals surface area (Å²) in [5.41, 5.74) is 2.95. The van der Waals surface area contributed by atoms with Crippen LogP contribution < -0.4 is 0 Å². The summed E-state index contributed by atoms with van der Waals surface area (Å²) in [5, 5.41) is 0. The van der Waals surface area contributed by atoms with Crippen LogP contribution in [-0.2, 0) is 19.1 Å². The first-order chi connectivity index (χ1) is 16.1. The summed E-state index contributed by atoms with van der Waals surface area (Å²) in [5.74, 6) is -0.191. The zero-order valence-corrected chi connectivity index (χ0v) is 19.3. The smallest absolute Gasteiger partial charge is 0.342 e. The van der Waals surface area contributed by atoms with Gasteiger partial charge in [-0.15, -0.1) is 0 Å². The van der Waals surface area contributed by atoms with Gasteiger partial charge in [-0.2, -0.15) is 0 Å². The molecule has 1 heterocycles. The van der Waals surface area contributed by atoms with Crippen molar-refractivity contribution in [3.63, 3.8) is 0 Å². The molecule has 1 aliphatic heterocycles. The summed E-state index contributed by atoms with van der Waals surface area (Å²) < 4.78 is 11.0. The van der Waals surface area contributed by atoms with Gasteiger partial charge in [0.2, 0.25) is 5.90 Å². The van der Waals surface area contributed by atoms with Crippen molar-refractivity contribution in [2.24, 2.45) is 10.9 Å². The number of rotatable bonds is 7. The van der Waals surface area contributed by atoms with Crippen LogP contribution in [0.5, 0.6) is 0 Å². The Morgan fingerprint density at radius 1 is 1.00 bits per heavy atom. The third kappa shape index (κ3) is 5.41. The van der Waals surface area contributed by atoms with Crippen LogP contribution in [0, 0.1) is 5.92 Å². The van der Waals surface area contributed by atoms with Crippen molar-refractivity contribution in [3.8, 4) is 0 Å². The Labute approximate surface area is 195 Å². The van der Waals surface area contributed by atoms with Crippen molar-refractivity contribution in [2.45, 2.75) is 57.9 Å². The van der Waals surface area contributed by atoms with Crippen LogP contribution in [0.2, 0.25) is 0 Å². The van der Waals surface area contributed by atoms with E-state index in [-0.39, 0.29) is 31.0 Å². The molecule has 4 rings (SSSR count). The molecule has 0 amide bonds. The van der Waals surface area contributed by atoms with E-state index >= 15 is 0 Å². The van der Waals surface area contributed by atoms with Crippen LogP contribution in [0.1, 0.15) is 63.0 Å². The standard InChI is InChI=1S/C28H31NO4/c1-3-32-24(30)18-23-26(28(31)33-27(23)29-22-16-14-19(2)15-17-22)25(20-10-6-4-7-11-20)21-12-8-5-9-13-21/h4-13,19,22,25H,3,14-18H2,1-2H3/b29-27-. The molecule has 33 heavy (non-hydrogen) atoms. The molecule has 0 bridgehead atoms. The van der Waals surface area contributed by atoms with Gasteiger partial charge < -0.3 is 9.47 Å². The Morgan fingerprint density at radius 3 is 2.12 bits per heavy atom. The molecule has 2 aromatic carbocycles. The number of benzene rings is 2. The molecule has 5 heteroatoms. The van der Waals surface area contributed by atoms with Gasteiger partial charge in [0, 0.05) is 11.5 Å². The van der Waals surface area contributed by atoms with E-state index in [1.807, 2.05) is 60.7 Å². The molecule has 1 saturated carbocycles. The van der Waals surface area contributed by atoms with Crippen molar-refractivity contribution in [1.82, 2.24) is 0 Å². The van der Waals surface area contributed by atoms with Crippen LogP contribution in [0.4, 0.5) is 0 Å². The summed E-state index contributed by atoms with van der Waals surface area (Å²) in [6.07, 6.45) is 4.11. The van der Waals surface area contributed by atoms with Gasteiger partial charge in [-0.05, 0) is 49.7 Å². The fourth-order valence-electron chi connectivity index (χ4n) is 4.72. The van der Waals surface area contributed by atoms with Crippen molar-refractivity contribution >= 4 is 17.8 Å². The Hall–Kier alpha value is -3.21. The molecule has 2 aliphatic rings. The number of ether oxygens (including phenoxy) is 2. The molecule has 2 aromatic rings. The van der Waals surface area contributed by atoms with Crippen molar-refractivity contribution < 1.29 is 19.1 Å². The van der Waals surface area contributed by atoms with Gasteiger partial charge in [0.25, 0.3) is 0 Å². The lowest BCUT2D eigenvalue weighted by Crippen LogP contribution is -2.19. The summed E-state index contributed by atoms with van der Waals surface area (Å²) in [6.45, 7) is 4.32. The summed E-state index contributed by atoms with van der Waals surface area (Å²) in [6, 6.07) is 19.8. The first kappa shape index (κ1) is 23.0. The van der Waals surface area contributed by atoms with Crippen LogP contribution in [0.3, 0.4) is 0 Å². The third-order valence-corrected chi connectivity index (χ3v) is 6.46. The highest BCUT2D eigenvalue weighted by atomic mass is 16.6. The molecule has 1 aliphatic carbocycles. The van der Waals surface area contributed by atoms with Crippen LogP contribution in [-0.4, -0.2) is 30.5 Å². The molecule has 0 aromatic heterocycles. The van der Waals surface area contributed by atoms with Gasteiger partial charge >= 0.3 is 11.9 Å². The number of cyclic esters (lactones) is 1. The van der Waals surface area contributed by atoms with Crippen LogP contribution in [0.25, 0.3) is 0 Å². The molecule has 0 saturated heterocycles. The van der Waals surface area contributed by atoms with Gasteiger partial charge in [-0.25, -0.2) is 9.79 Å². The van der Waals surface area contributed by atoms with E-state index in [1.165, 1.54) is 0 Å². The number of hydrogen-bond donors (Lipinski definition) is 0. The van der Waals surface area contributed by atoms with Crippen molar-refractivity contribution in [2.75, 3.05) is 6.61 Å². The van der Waals surface area contributed by atoms with Crippen molar-refractivity contribution in [3.05, 3.63) is 82.9 Å². The first-order valence-electron chi connectivity index (χ1n) is 11.9. The number of esters is 2. The minimum atomic E-state index is -0.435. The number of carbonyl (C=O) groups is 2. The summed E-state index contributed by atoms with van der Waals surface area (Å²) in [4.78, 5) is 30.7. The lowest BCUT2D eigenvalue weighted by Gasteiger charge is -2.23. The highest BCUT2D eigenvalue weighted by Gasteiger charge is 2.39. The number of aliphatic imine (C=N–C) groups is 1. The summed E-state index contributed by atoms with van der Waals surface area (Å²) in [7, 11) is 0. The lowest BCUT2D eigenvalue weighted by molar-refractivity contribution is -0.142. The minimum absolute atomic E-state index is 0.0347. The quantitative estimate of drug-likeness (QED) is 0.520. The fraction of sp³-hybridized carbons (Fsp3) is 0.393. The maximum absolute atomic E-state index is 13.3. The molecule has 172 valence electrons. The second-order valence-electron chi connectivity index (χ2n) is 8.87. The molecule has 0 spiro atoms. The fourth-order valence-corrected chi connectivity index (χ4v) is 4.72. The van der Waals surface area contributed by atoms with Gasteiger partial charge in [-0.1, -0.05) is 67.6 Å². The summed E-state index contributed by atoms with van der Waals surface area (Å²) >= 11 is 0. The maximum Gasteiger partial charge on any atom is 0.342 e. The van der Waals surface area contributed by atoms with Crippen LogP contribution >= 0.6 is 0 Å². The SMILES string of the molecule is CCOC(=O)CC1=C(C(c2ccccc2)c2ccccc2)C(=O)O/C1=N\C1CCC(C)CC1. The minimum Gasteiger partial charge on any atom is -0.466 e. The molecule has 1 fully saturated rings. The highest BCUT2D eigenvalue weighted by molar-refractivity contribution is 6.17. The van der Waals surface area contributed by atoms with Crippen LogP contribution in [0.15, 0.2) is 76.8 Å². The van der Waals surface area contributed by atoms with E-state index in [0.717, 1.165) is 36.8 Å². The van der Waals surface area contributed by atoms with Gasteiger partial charge in [0.15, 0.2) is 0 Å². The van der Waals surface area contributed by atoms with E-state index < -0.39 is 5.97 Å². The molecule has 0 atom stereocenters. The molecule has 0 N–H and O–H groups in total. The largest absolute Gasteiger partial charge is 0.466 e. The average molecular weight is 446 g/mol. The molecular weight excluding hydrogens is 414 g/mol. The Balaban J connectivity index is 1.82.